The van der Waals surface area contributed by atoms with Gasteiger partial charge in [-0.2, -0.15) is 0 Å². The van der Waals surface area contributed by atoms with Crippen LogP contribution in [0.1, 0.15) is 163 Å². The normalized spacial score (nSPS) is 13.0. The van der Waals surface area contributed by atoms with Crippen molar-refractivity contribution < 1.29 is 0 Å². The van der Waals surface area contributed by atoms with Crippen LogP contribution in [0.15, 0.2) is 12.2 Å². The SMILES string of the molecule is CCCCC/C=C/CCCCCCCCCCCCCC(CCCC)CC(C)C. The van der Waals surface area contributed by atoms with Gasteiger partial charge in [0.1, 0.15) is 0 Å². The van der Waals surface area contributed by atoms with E-state index < -0.39 is 0 Å². The van der Waals surface area contributed by atoms with Crippen LogP contribution in [0.4, 0.5) is 0 Å². The zero-order valence-electron chi connectivity index (χ0n) is 21.2. The Balaban J connectivity index is 3.30. The maximum atomic E-state index is 2.42. The van der Waals surface area contributed by atoms with E-state index in [1.165, 1.54) is 135 Å². The molecule has 0 N–H and O–H groups in total. The van der Waals surface area contributed by atoms with Crippen molar-refractivity contribution in [1.29, 1.82) is 0 Å². The van der Waals surface area contributed by atoms with Gasteiger partial charge in [-0.3, -0.25) is 0 Å². The predicted octanol–water partition coefficient (Wildman–Crippen LogP) is 11.0. The van der Waals surface area contributed by atoms with Crippen LogP contribution in [-0.4, -0.2) is 0 Å². The van der Waals surface area contributed by atoms with Gasteiger partial charge in [-0.25, -0.2) is 0 Å². The van der Waals surface area contributed by atoms with Gasteiger partial charge < -0.3 is 0 Å². The summed E-state index contributed by atoms with van der Waals surface area (Å²) in [5.74, 6) is 1.88. The van der Waals surface area contributed by atoms with Gasteiger partial charge in [0.25, 0.3) is 0 Å². The molecule has 0 aliphatic heterocycles. The summed E-state index contributed by atoms with van der Waals surface area (Å²) in [4.78, 5) is 0. The predicted molar refractivity (Wildman–Crippen MR) is 136 cm³/mol. The largest absolute Gasteiger partial charge is 0.0885 e. The van der Waals surface area contributed by atoms with E-state index in [0.717, 1.165) is 11.8 Å². The van der Waals surface area contributed by atoms with Crippen LogP contribution in [0.3, 0.4) is 0 Å². The fraction of sp³-hybridized carbons (Fsp3) is 0.931. The molecule has 1 unspecified atom stereocenters. The van der Waals surface area contributed by atoms with Crippen molar-refractivity contribution in [1.82, 2.24) is 0 Å². The van der Waals surface area contributed by atoms with Crippen molar-refractivity contribution in [2.75, 3.05) is 0 Å². The molecule has 0 heteroatoms. The standard InChI is InChI=1S/C29H58/c1-5-7-9-10-11-12-13-14-15-16-17-18-19-20-21-22-23-24-26-29(25-8-6-2)27-28(3)4/h11-12,28-29H,5-10,13-27H2,1-4H3/b12-11+. The number of rotatable bonds is 23. The molecule has 0 aromatic rings. The second-order valence-corrected chi connectivity index (χ2v) is 10.1. The molecule has 0 radical (unpaired) electrons. The first-order chi connectivity index (χ1) is 14.2. The Morgan fingerprint density at radius 2 is 0.897 bits per heavy atom. The first-order valence-electron chi connectivity index (χ1n) is 13.9. The van der Waals surface area contributed by atoms with Gasteiger partial charge in [-0.05, 0) is 43.9 Å². The Labute approximate surface area is 186 Å². The number of hydrogen-bond donors (Lipinski definition) is 0. The second kappa shape index (κ2) is 24.0. The van der Waals surface area contributed by atoms with Gasteiger partial charge in [-0.1, -0.05) is 143 Å². The van der Waals surface area contributed by atoms with E-state index in [1.54, 1.807) is 0 Å². The van der Waals surface area contributed by atoms with E-state index in [2.05, 4.69) is 39.8 Å². The minimum absolute atomic E-state index is 0.879. The minimum Gasteiger partial charge on any atom is -0.0885 e. The highest BCUT2D eigenvalue weighted by molar-refractivity contribution is 4.81. The molecular formula is C29H58. The summed E-state index contributed by atoms with van der Waals surface area (Å²) in [6.45, 7) is 9.40. The fourth-order valence-electron chi connectivity index (χ4n) is 4.57. The highest BCUT2D eigenvalue weighted by Crippen LogP contribution is 2.24. The smallest absolute Gasteiger partial charge is 0.0351 e. The minimum atomic E-state index is 0.879. The first kappa shape index (κ1) is 28.7. The molecule has 0 aromatic carbocycles. The van der Waals surface area contributed by atoms with Crippen LogP contribution in [-0.2, 0) is 0 Å². The molecule has 0 bridgehead atoms. The van der Waals surface area contributed by atoms with Gasteiger partial charge in [0, 0.05) is 0 Å². The summed E-state index contributed by atoms with van der Waals surface area (Å²) >= 11 is 0. The highest BCUT2D eigenvalue weighted by atomic mass is 14.2. The summed E-state index contributed by atoms with van der Waals surface area (Å²) in [5, 5.41) is 0. The molecule has 0 rings (SSSR count). The Kier molecular flexibility index (Phi) is 23.8. The third-order valence-corrected chi connectivity index (χ3v) is 6.39. The highest BCUT2D eigenvalue weighted by Gasteiger charge is 2.10. The van der Waals surface area contributed by atoms with Gasteiger partial charge in [0.05, 0.1) is 0 Å². The van der Waals surface area contributed by atoms with Crippen LogP contribution in [0.2, 0.25) is 0 Å². The van der Waals surface area contributed by atoms with Gasteiger partial charge >= 0.3 is 0 Å². The molecule has 0 nitrogen and oxygen atoms in total. The van der Waals surface area contributed by atoms with Crippen molar-refractivity contribution in [3.63, 3.8) is 0 Å². The number of allylic oxidation sites excluding steroid dienone is 2. The molecule has 0 heterocycles. The molecule has 0 spiro atoms. The molecule has 29 heavy (non-hydrogen) atoms. The molecular weight excluding hydrogens is 348 g/mol. The van der Waals surface area contributed by atoms with Gasteiger partial charge in [0.15, 0.2) is 0 Å². The molecule has 1 atom stereocenters. The van der Waals surface area contributed by atoms with Crippen molar-refractivity contribution >= 4 is 0 Å². The first-order valence-corrected chi connectivity index (χ1v) is 13.9. The molecule has 0 aliphatic carbocycles. The van der Waals surface area contributed by atoms with E-state index in [4.69, 9.17) is 0 Å². The third-order valence-electron chi connectivity index (χ3n) is 6.39. The lowest BCUT2D eigenvalue weighted by Crippen LogP contribution is -2.05. The monoisotopic (exact) mass is 406 g/mol. The summed E-state index contributed by atoms with van der Waals surface area (Å²) < 4.78 is 0. The van der Waals surface area contributed by atoms with Gasteiger partial charge in [-0.15, -0.1) is 0 Å². The van der Waals surface area contributed by atoms with Crippen molar-refractivity contribution in [2.24, 2.45) is 11.8 Å². The third kappa shape index (κ3) is 23.9. The van der Waals surface area contributed by atoms with E-state index >= 15 is 0 Å². The molecule has 0 saturated heterocycles. The fourth-order valence-corrected chi connectivity index (χ4v) is 4.57. The quantitative estimate of drug-likeness (QED) is 0.117. The maximum Gasteiger partial charge on any atom is -0.0351 e. The van der Waals surface area contributed by atoms with Crippen LogP contribution in [0, 0.1) is 11.8 Å². The lowest BCUT2D eigenvalue weighted by molar-refractivity contribution is 0.342. The zero-order valence-corrected chi connectivity index (χ0v) is 21.2. The van der Waals surface area contributed by atoms with Crippen LogP contribution >= 0.6 is 0 Å². The Morgan fingerprint density at radius 1 is 0.483 bits per heavy atom. The van der Waals surface area contributed by atoms with Crippen molar-refractivity contribution in [2.45, 2.75) is 163 Å². The number of unbranched alkanes of at least 4 members (excludes halogenated alkanes) is 15. The molecule has 174 valence electrons. The molecule has 0 saturated carbocycles. The van der Waals surface area contributed by atoms with E-state index in [0.29, 0.717) is 0 Å². The second-order valence-electron chi connectivity index (χ2n) is 10.1. The Hall–Kier alpha value is -0.260. The van der Waals surface area contributed by atoms with Crippen molar-refractivity contribution in [3.05, 3.63) is 12.2 Å². The summed E-state index contributed by atoms with van der Waals surface area (Å²) in [6, 6.07) is 0. The average Bonchev–Trinajstić information content (AvgIpc) is 2.70. The van der Waals surface area contributed by atoms with Crippen LogP contribution in [0.5, 0.6) is 0 Å². The lowest BCUT2D eigenvalue weighted by atomic mass is 9.88. The van der Waals surface area contributed by atoms with Crippen LogP contribution < -0.4 is 0 Å². The summed E-state index contributed by atoms with van der Waals surface area (Å²) in [5.41, 5.74) is 0. The summed E-state index contributed by atoms with van der Waals surface area (Å²) in [6.07, 6.45) is 34.9. The topological polar surface area (TPSA) is 0 Å². The average molecular weight is 407 g/mol. The van der Waals surface area contributed by atoms with Gasteiger partial charge in [0.2, 0.25) is 0 Å². The Morgan fingerprint density at radius 3 is 1.38 bits per heavy atom. The van der Waals surface area contributed by atoms with E-state index in [-0.39, 0.29) is 0 Å². The summed E-state index contributed by atoms with van der Waals surface area (Å²) in [7, 11) is 0. The number of hydrogen-bond acceptors (Lipinski definition) is 0. The maximum absolute atomic E-state index is 2.42. The Bertz CT molecular complexity index is 314. The lowest BCUT2D eigenvalue weighted by Gasteiger charge is -2.18. The van der Waals surface area contributed by atoms with Crippen LogP contribution in [0.25, 0.3) is 0 Å². The molecule has 0 aliphatic rings. The van der Waals surface area contributed by atoms with E-state index in [1.807, 2.05) is 0 Å². The molecule has 0 amide bonds. The van der Waals surface area contributed by atoms with E-state index in [9.17, 15) is 0 Å². The molecule has 0 fully saturated rings. The zero-order chi connectivity index (χ0) is 21.4. The van der Waals surface area contributed by atoms with Crippen molar-refractivity contribution in [3.8, 4) is 0 Å². The molecule has 0 aromatic heterocycles.